The van der Waals surface area contributed by atoms with Crippen molar-refractivity contribution in [3.05, 3.63) is 84.1 Å². The Hall–Kier alpha value is -3.72. The number of para-hydroxylation sites is 1. The van der Waals surface area contributed by atoms with Crippen LogP contribution in [0, 0.1) is 5.92 Å². The molecule has 3 heterocycles. The third-order valence-corrected chi connectivity index (χ3v) is 9.59. The van der Waals surface area contributed by atoms with E-state index in [1.807, 2.05) is 30.1 Å². The van der Waals surface area contributed by atoms with E-state index in [0.717, 1.165) is 80.1 Å². The van der Waals surface area contributed by atoms with Crippen LogP contribution in [0.15, 0.2) is 72.9 Å². The summed E-state index contributed by atoms with van der Waals surface area (Å²) in [6.45, 7) is 4.37. The molecule has 232 valence electrons. The second kappa shape index (κ2) is 14.4. The van der Waals surface area contributed by atoms with Gasteiger partial charge in [0.2, 0.25) is 11.8 Å². The second-order valence-corrected chi connectivity index (χ2v) is 12.6. The minimum Gasteiger partial charge on any atom is -0.361 e. The number of hydrogen-bond donors (Lipinski definition) is 5. The molecular formula is C36H46N6O2. The first kappa shape index (κ1) is 30.3. The van der Waals surface area contributed by atoms with E-state index in [0.29, 0.717) is 19.0 Å². The largest absolute Gasteiger partial charge is 0.361 e. The third kappa shape index (κ3) is 7.32. The van der Waals surface area contributed by atoms with Crippen LogP contribution in [-0.4, -0.2) is 79.6 Å². The third-order valence-electron chi connectivity index (χ3n) is 9.59. The molecule has 0 bridgehead atoms. The number of aromatic nitrogens is 1. The maximum Gasteiger partial charge on any atom is 0.245 e. The van der Waals surface area contributed by atoms with Crippen LogP contribution < -0.4 is 21.3 Å². The van der Waals surface area contributed by atoms with E-state index in [2.05, 4.69) is 81.0 Å². The molecule has 2 saturated heterocycles. The number of nitrogens with zero attached hydrogens (tertiary/aromatic N) is 1. The standard InChI is InChI=1S/C36H46N6O2/c1-42(31(24-39-30-14-18-38-19-15-30)22-29-23-40-33-9-5-4-8-32(29)33)36(44)34(41-35(43)27-12-16-37-17-13-27)21-25-10-11-26-6-2-3-7-28(26)20-25/h2-11,20,23,27,30-31,34,37-40H,12-19,21-22,24H2,1H3,(H,41,43)/t31-,34-/m1/s1. The van der Waals surface area contributed by atoms with Crippen LogP contribution in [0.25, 0.3) is 21.7 Å². The number of benzene rings is 3. The van der Waals surface area contributed by atoms with Gasteiger partial charge in [0.05, 0.1) is 0 Å². The highest BCUT2D eigenvalue weighted by atomic mass is 16.2. The van der Waals surface area contributed by atoms with Crippen LogP contribution >= 0.6 is 0 Å². The number of carbonyl (C=O) groups excluding carboxylic acids is 2. The fraction of sp³-hybridized carbons (Fsp3) is 0.444. The summed E-state index contributed by atoms with van der Waals surface area (Å²) in [6.07, 6.45) is 6.99. The summed E-state index contributed by atoms with van der Waals surface area (Å²) >= 11 is 0. The Bertz CT molecular complexity index is 1550. The Kier molecular flexibility index (Phi) is 9.90. The fourth-order valence-corrected chi connectivity index (χ4v) is 6.83. The Morgan fingerprint density at radius 3 is 2.36 bits per heavy atom. The monoisotopic (exact) mass is 594 g/mol. The van der Waals surface area contributed by atoms with Gasteiger partial charge in [0.1, 0.15) is 6.04 Å². The molecule has 1 aromatic heterocycles. The Balaban J connectivity index is 1.25. The highest BCUT2D eigenvalue weighted by Gasteiger charge is 2.32. The zero-order valence-corrected chi connectivity index (χ0v) is 25.8. The number of piperidine rings is 2. The molecule has 0 spiro atoms. The van der Waals surface area contributed by atoms with Gasteiger partial charge in [0, 0.05) is 55.1 Å². The van der Waals surface area contributed by atoms with Crippen molar-refractivity contribution >= 4 is 33.5 Å². The Labute approximate surface area is 260 Å². The van der Waals surface area contributed by atoms with E-state index < -0.39 is 6.04 Å². The van der Waals surface area contributed by atoms with Crippen molar-refractivity contribution in [3.8, 4) is 0 Å². The average molecular weight is 595 g/mol. The van der Waals surface area contributed by atoms with Gasteiger partial charge in [-0.15, -0.1) is 0 Å². The summed E-state index contributed by atoms with van der Waals surface area (Å²) in [5.41, 5.74) is 3.34. The summed E-state index contributed by atoms with van der Waals surface area (Å²) in [6, 6.07) is 22.6. The lowest BCUT2D eigenvalue weighted by atomic mass is 9.95. The Morgan fingerprint density at radius 1 is 0.864 bits per heavy atom. The van der Waals surface area contributed by atoms with Crippen molar-refractivity contribution in [2.45, 2.75) is 56.7 Å². The number of fused-ring (bicyclic) bond motifs is 2. The molecule has 44 heavy (non-hydrogen) atoms. The van der Waals surface area contributed by atoms with Crippen molar-refractivity contribution in [1.29, 1.82) is 0 Å². The van der Waals surface area contributed by atoms with Crippen LogP contribution in [0.4, 0.5) is 0 Å². The molecular weight excluding hydrogens is 548 g/mol. The SMILES string of the molecule is CN(C(=O)[C@@H](Cc1ccc2ccccc2c1)NC(=O)C1CCNCC1)[C@@H](CNC1CCNCC1)Cc1c[nH]c2ccccc12. The maximum atomic E-state index is 14.5. The van der Waals surface area contributed by atoms with Gasteiger partial charge in [-0.3, -0.25) is 9.59 Å². The summed E-state index contributed by atoms with van der Waals surface area (Å²) in [5.74, 6) is -0.130. The molecule has 2 aliphatic rings. The number of hydrogen-bond acceptors (Lipinski definition) is 5. The quantitative estimate of drug-likeness (QED) is 0.182. The van der Waals surface area contributed by atoms with Gasteiger partial charge in [0.25, 0.3) is 0 Å². The lowest BCUT2D eigenvalue weighted by Gasteiger charge is -2.34. The number of rotatable bonds is 11. The zero-order chi connectivity index (χ0) is 30.3. The number of amides is 2. The first-order valence-corrected chi connectivity index (χ1v) is 16.3. The van der Waals surface area contributed by atoms with Gasteiger partial charge < -0.3 is 31.2 Å². The number of carbonyl (C=O) groups is 2. The predicted octanol–water partition coefficient (Wildman–Crippen LogP) is 3.76. The molecule has 6 rings (SSSR count). The molecule has 2 aliphatic heterocycles. The summed E-state index contributed by atoms with van der Waals surface area (Å²) in [4.78, 5) is 33.3. The molecule has 2 amide bonds. The van der Waals surface area contributed by atoms with Gasteiger partial charge in [-0.1, -0.05) is 60.7 Å². The van der Waals surface area contributed by atoms with Crippen LogP contribution in [-0.2, 0) is 22.4 Å². The van der Waals surface area contributed by atoms with Crippen molar-refractivity contribution in [2.24, 2.45) is 5.92 Å². The van der Waals surface area contributed by atoms with Crippen molar-refractivity contribution in [2.75, 3.05) is 39.8 Å². The summed E-state index contributed by atoms with van der Waals surface area (Å²) in [5, 5.41) is 17.3. The van der Waals surface area contributed by atoms with E-state index >= 15 is 0 Å². The second-order valence-electron chi connectivity index (χ2n) is 12.6. The molecule has 2 fully saturated rings. The number of nitrogens with one attached hydrogen (secondary N) is 5. The highest BCUT2D eigenvalue weighted by molar-refractivity contribution is 5.90. The van der Waals surface area contributed by atoms with E-state index in [1.54, 1.807) is 0 Å². The predicted molar refractivity (Wildman–Crippen MR) is 178 cm³/mol. The molecule has 8 heteroatoms. The molecule has 5 N–H and O–H groups in total. The van der Waals surface area contributed by atoms with Gasteiger partial charge in [-0.05, 0) is 86.2 Å². The van der Waals surface area contributed by atoms with E-state index in [9.17, 15) is 9.59 Å². The minimum atomic E-state index is -0.645. The zero-order valence-electron chi connectivity index (χ0n) is 25.8. The molecule has 3 aromatic carbocycles. The number of likely N-dealkylation sites (N-methyl/N-ethyl adjacent to an activating group) is 1. The minimum absolute atomic E-state index is 0.0138. The van der Waals surface area contributed by atoms with Crippen molar-refractivity contribution < 1.29 is 9.59 Å². The van der Waals surface area contributed by atoms with Crippen molar-refractivity contribution in [1.82, 2.24) is 31.2 Å². The number of aromatic amines is 1. The van der Waals surface area contributed by atoms with E-state index in [1.165, 1.54) is 10.9 Å². The van der Waals surface area contributed by atoms with E-state index in [4.69, 9.17) is 0 Å². The van der Waals surface area contributed by atoms with Gasteiger partial charge in [-0.25, -0.2) is 0 Å². The van der Waals surface area contributed by atoms with E-state index in [-0.39, 0.29) is 23.8 Å². The first-order valence-electron chi connectivity index (χ1n) is 16.3. The molecule has 4 aromatic rings. The smallest absolute Gasteiger partial charge is 0.245 e. The van der Waals surface area contributed by atoms with Gasteiger partial charge in [0.15, 0.2) is 0 Å². The van der Waals surface area contributed by atoms with Crippen LogP contribution in [0.1, 0.15) is 36.8 Å². The normalized spacial score (nSPS) is 17.8. The van der Waals surface area contributed by atoms with Crippen LogP contribution in [0.5, 0.6) is 0 Å². The lowest BCUT2D eigenvalue weighted by molar-refractivity contribution is -0.138. The molecule has 2 atom stereocenters. The fourth-order valence-electron chi connectivity index (χ4n) is 6.83. The topological polar surface area (TPSA) is 101 Å². The van der Waals surface area contributed by atoms with Crippen LogP contribution in [0.2, 0.25) is 0 Å². The van der Waals surface area contributed by atoms with Crippen molar-refractivity contribution in [3.63, 3.8) is 0 Å². The molecule has 0 radical (unpaired) electrons. The molecule has 0 aliphatic carbocycles. The van der Waals surface area contributed by atoms with Crippen LogP contribution in [0.3, 0.4) is 0 Å². The Morgan fingerprint density at radius 2 is 1.57 bits per heavy atom. The average Bonchev–Trinajstić information content (AvgIpc) is 3.49. The lowest BCUT2D eigenvalue weighted by Crippen LogP contribution is -2.56. The van der Waals surface area contributed by atoms with Gasteiger partial charge >= 0.3 is 0 Å². The highest BCUT2D eigenvalue weighted by Crippen LogP contribution is 2.22. The molecule has 0 unspecified atom stereocenters. The summed E-state index contributed by atoms with van der Waals surface area (Å²) < 4.78 is 0. The molecule has 0 saturated carbocycles. The maximum absolute atomic E-state index is 14.5. The van der Waals surface area contributed by atoms with Gasteiger partial charge in [-0.2, -0.15) is 0 Å². The number of H-pyrrole nitrogens is 1. The molecule has 8 nitrogen and oxygen atoms in total. The summed E-state index contributed by atoms with van der Waals surface area (Å²) in [7, 11) is 1.91. The first-order chi connectivity index (χ1) is 21.5.